The van der Waals surface area contributed by atoms with Gasteiger partial charge in [-0.2, -0.15) is 0 Å². The molecule has 2 nitrogen and oxygen atoms in total. The molecule has 0 aliphatic heterocycles. The molecule has 1 radical (unpaired) electrons. The van der Waals surface area contributed by atoms with Crippen LogP contribution < -0.4 is 5.11 Å². The largest absolute Gasteiger partial charge is 0.876 e. The molecule has 0 saturated carbocycles. The zero-order valence-electron chi connectivity index (χ0n) is 9.87. The van der Waals surface area contributed by atoms with Crippen molar-refractivity contribution in [1.29, 1.82) is 0 Å². The minimum Gasteiger partial charge on any atom is -0.876 e. The number of allylic oxidation sites excluding steroid dienone is 6. The number of hydrogen-bond donors (Lipinski definition) is 0. The zero-order valence-corrected chi connectivity index (χ0v) is 11.5. The second-order valence-corrected chi connectivity index (χ2v) is 3.46. The third-order valence-corrected chi connectivity index (χ3v) is 1.74. The predicted molar refractivity (Wildman–Crippen MR) is 61.2 cm³/mol. The summed E-state index contributed by atoms with van der Waals surface area (Å²) >= 11 is 0. The van der Waals surface area contributed by atoms with Gasteiger partial charge in [-0.25, -0.2) is 0 Å². The molecule has 0 unspecified atom stereocenters. The summed E-state index contributed by atoms with van der Waals surface area (Å²) in [5.74, 6) is -0.375. The van der Waals surface area contributed by atoms with Gasteiger partial charge >= 0.3 is 0 Å². The van der Waals surface area contributed by atoms with E-state index in [0.717, 1.165) is 6.08 Å². The van der Waals surface area contributed by atoms with Crippen molar-refractivity contribution >= 4 is 5.78 Å². The third-order valence-electron chi connectivity index (χ3n) is 1.74. The molecule has 0 saturated heterocycles. The molecule has 0 spiro atoms. The van der Waals surface area contributed by atoms with Crippen LogP contribution in [0.2, 0.25) is 0 Å². The van der Waals surface area contributed by atoms with Gasteiger partial charge in [0.05, 0.1) is 0 Å². The van der Waals surface area contributed by atoms with Gasteiger partial charge < -0.3 is 5.11 Å². The van der Waals surface area contributed by atoms with E-state index < -0.39 is 0 Å². The fraction of sp³-hybridized carbons (Fsp3) is 0.462. The molecule has 16 heavy (non-hydrogen) atoms. The normalized spacial score (nSPS) is 15.0. The van der Waals surface area contributed by atoms with Crippen molar-refractivity contribution in [2.75, 3.05) is 0 Å². The smallest absolute Gasteiger partial charge is 0.151 e. The van der Waals surface area contributed by atoms with Gasteiger partial charge in [-0.1, -0.05) is 31.2 Å². The maximum Gasteiger partial charge on any atom is 0.151 e. The third kappa shape index (κ3) is 15.8. The molecule has 0 heterocycles. The predicted octanol–water partition coefficient (Wildman–Crippen LogP) is 2.51. The van der Waals surface area contributed by atoms with Crippen LogP contribution in [0.25, 0.3) is 0 Å². The van der Waals surface area contributed by atoms with Gasteiger partial charge in [0, 0.05) is 19.5 Å². The Hall–Kier alpha value is -0.687. The van der Waals surface area contributed by atoms with E-state index in [1.165, 1.54) is 39.5 Å². The first-order valence-corrected chi connectivity index (χ1v) is 5.29. The van der Waals surface area contributed by atoms with E-state index in [4.69, 9.17) is 0 Å². The summed E-state index contributed by atoms with van der Waals surface area (Å²) < 4.78 is 0. The van der Waals surface area contributed by atoms with E-state index in [1.54, 1.807) is 0 Å². The molecule has 0 atom stereocenters. The van der Waals surface area contributed by atoms with Crippen molar-refractivity contribution in [2.24, 2.45) is 0 Å². The Morgan fingerprint density at radius 2 is 1.31 bits per heavy atom. The summed E-state index contributed by atoms with van der Waals surface area (Å²) in [6, 6.07) is 0. The summed E-state index contributed by atoms with van der Waals surface area (Å²) in [7, 11) is 0. The first-order chi connectivity index (χ1) is 7.13. The zero-order chi connectivity index (χ0) is 11.5. The quantitative estimate of drug-likeness (QED) is 0.323. The summed E-state index contributed by atoms with van der Waals surface area (Å²) in [4.78, 5) is 9.98. The Morgan fingerprint density at radius 3 is 1.44 bits per heavy atom. The molecule has 0 aromatic carbocycles. The van der Waals surface area contributed by atoms with Gasteiger partial charge in [0.15, 0.2) is 5.78 Å². The van der Waals surface area contributed by atoms with Gasteiger partial charge in [0.2, 0.25) is 0 Å². The Morgan fingerprint density at radius 1 is 1.00 bits per heavy atom. The van der Waals surface area contributed by atoms with Crippen LogP contribution in [0.5, 0.6) is 0 Å². The second-order valence-electron chi connectivity index (χ2n) is 3.46. The number of carbonyl (C=O) groups excluding carboxylic acids is 1. The Bertz CT molecular complexity index is 235. The van der Waals surface area contributed by atoms with Crippen LogP contribution in [0.1, 0.15) is 39.5 Å². The van der Waals surface area contributed by atoms with E-state index in [-0.39, 0.29) is 31.0 Å². The standard InChI is InChI=1S/C8H12.C5H8O2.Rh/c1-2-4-6-8-7-5-3-1;1-4(6)3-5(2)7;/h1-2,7-8H,3-6H2;3,6H,1-2H3;/p-1/b;4-3-;. The van der Waals surface area contributed by atoms with E-state index in [9.17, 15) is 9.90 Å². The fourth-order valence-electron chi connectivity index (χ4n) is 1.14. The number of hydrogen-bond acceptors (Lipinski definition) is 2. The van der Waals surface area contributed by atoms with Crippen LogP contribution in [0.15, 0.2) is 36.1 Å². The minimum absolute atomic E-state index is 0. The van der Waals surface area contributed by atoms with Gasteiger partial charge in [-0.3, -0.25) is 4.79 Å². The molecule has 0 bridgehead atoms. The topological polar surface area (TPSA) is 40.1 Å². The van der Waals surface area contributed by atoms with Crippen LogP contribution in [-0.4, -0.2) is 5.78 Å². The molecular formula is C13H19O2Rh-. The van der Waals surface area contributed by atoms with Crippen molar-refractivity contribution < 1.29 is 29.4 Å². The minimum atomic E-state index is -0.187. The molecule has 0 aromatic rings. The molecular weight excluding hydrogens is 291 g/mol. The maximum absolute atomic E-state index is 9.98. The van der Waals surface area contributed by atoms with E-state index in [1.807, 2.05) is 0 Å². The van der Waals surface area contributed by atoms with Crippen molar-refractivity contribution in [3.05, 3.63) is 36.1 Å². The van der Waals surface area contributed by atoms with Crippen LogP contribution in [0.3, 0.4) is 0 Å². The average molecular weight is 310 g/mol. The Balaban J connectivity index is 0. The molecule has 1 aliphatic carbocycles. The van der Waals surface area contributed by atoms with Gasteiger partial charge in [0.25, 0.3) is 0 Å². The molecule has 0 aromatic heterocycles. The number of rotatable bonds is 1. The van der Waals surface area contributed by atoms with Crippen LogP contribution >= 0.6 is 0 Å². The van der Waals surface area contributed by atoms with Crippen LogP contribution in [0.4, 0.5) is 0 Å². The van der Waals surface area contributed by atoms with E-state index in [0.29, 0.717) is 0 Å². The molecule has 0 amide bonds. The fourth-order valence-corrected chi connectivity index (χ4v) is 1.14. The van der Waals surface area contributed by atoms with E-state index in [2.05, 4.69) is 24.3 Å². The molecule has 0 N–H and O–H groups in total. The summed E-state index contributed by atoms with van der Waals surface area (Å²) in [6.07, 6.45) is 15.1. The first kappa shape index (κ1) is 17.7. The molecule has 1 aliphatic rings. The van der Waals surface area contributed by atoms with Crippen LogP contribution in [-0.2, 0) is 24.3 Å². The van der Waals surface area contributed by atoms with E-state index >= 15 is 0 Å². The van der Waals surface area contributed by atoms with Crippen molar-refractivity contribution in [1.82, 2.24) is 0 Å². The first-order valence-electron chi connectivity index (χ1n) is 5.29. The number of carbonyl (C=O) groups is 1. The Kier molecular flexibility index (Phi) is 13.7. The summed E-state index contributed by atoms with van der Waals surface area (Å²) in [6.45, 7) is 2.70. The monoisotopic (exact) mass is 310 g/mol. The summed E-state index contributed by atoms with van der Waals surface area (Å²) in [5, 5.41) is 9.98. The SMILES string of the molecule is C1=CCCC=CCC1.CC(=O)/C=C(/C)[O-].[Rh]. The summed E-state index contributed by atoms with van der Waals surface area (Å²) in [5.41, 5.74) is 0. The second kappa shape index (κ2) is 12.4. The van der Waals surface area contributed by atoms with Crippen molar-refractivity contribution in [3.63, 3.8) is 0 Å². The maximum atomic E-state index is 9.98. The molecule has 0 fully saturated rings. The average Bonchev–Trinajstić information content (AvgIpc) is 1.99. The molecule has 1 rings (SSSR count). The van der Waals surface area contributed by atoms with Crippen molar-refractivity contribution in [3.8, 4) is 0 Å². The van der Waals surface area contributed by atoms with Crippen molar-refractivity contribution in [2.45, 2.75) is 39.5 Å². The van der Waals surface area contributed by atoms with Gasteiger partial charge in [0.1, 0.15) is 0 Å². The number of ketones is 1. The Labute approximate surface area is 111 Å². The van der Waals surface area contributed by atoms with Gasteiger partial charge in [-0.15, -0.1) is 5.76 Å². The van der Waals surface area contributed by atoms with Crippen LogP contribution in [0, 0.1) is 0 Å². The molecule has 93 valence electrons. The van der Waals surface area contributed by atoms with Gasteiger partial charge in [-0.05, 0) is 38.7 Å². The molecule has 3 heteroatoms.